The fraction of sp³-hybridized carbons (Fsp3) is 0.571. The van der Waals surface area contributed by atoms with E-state index in [0.29, 0.717) is 32.5 Å². The van der Waals surface area contributed by atoms with Crippen molar-refractivity contribution < 1.29 is 19.1 Å². The summed E-state index contributed by atoms with van der Waals surface area (Å²) in [6.07, 6.45) is 1.24. The van der Waals surface area contributed by atoms with Gasteiger partial charge < -0.3 is 15.0 Å². The van der Waals surface area contributed by atoms with E-state index in [-0.39, 0.29) is 30.2 Å². The van der Waals surface area contributed by atoms with Crippen molar-refractivity contribution in [3.63, 3.8) is 0 Å². The maximum atomic E-state index is 12.8. The van der Waals surface area contributed by atoms with Gasteiger partial charge in [0.15, 0.2) is 0 Å². The van der Waals surface area contributed by atoms with Gasteiger partial charge >= 0.3 is 5.97 Å². The van der Waals surface area contributed by atoms with E-state index in [9.17, 15) is 14.4 Å². The molecule has 1 saturated heterocycles. The summed E-state index contributed by atoms with van der Waals surface area (Å²) in [5.74, 6) is -0.482. The molecule has 1 aliphatic rings. The molecule has 1 aromatic carbocycles. The Hall–Kier alpha value is -2.41. The van der Waals surface area contributed by atoms with Gasteiger partial charge in [0.1, 0.15) is 0 Å². The van der Waals surface area contributed by atoms with Crippen molar-refractivity contribution >= 4 is 23.5 Å². The van der Waals surface area contributed by atoms with Gasteiger partial charge in [-0.1, -0.05) is 17.7 Å². The molecular weight excluding hydrogens is 358 g/mol. The molecule has 7 nitrogen and oxygen atoms in total. The monoisotopic (exact) mass is 389 g/mol. The molecule has 0 unspecified atom stereocenters. The molecule has 0 saturated carbocycles. The minimum atomic E-state index is -0.414. The molecule has 0 spiro atoms. The van der Waals surface area contributed by atoms with Gasteiger partial charge in [-0.25, -0.2) is 0 Å². The van der Waals surface area contributed by atoms with Crippen LogP contribution in [0.4, 0.5) is 5.69 Å². The summed E-state index contributed by atoms with van der Waals surface area (Å²) >= 11 is 0. The highest BCUT2D eigenvalue weighted by Gasteiger charge is 2.31. The summed E-state index contributed by atoms with van der Waals surface area (Å²) in [5, 5.41) is 2.85. The molecule has 154 valence electrons. The summed E-state index contributed by atoms with van der Waals surface area (Å²) < 4.78 is 5.07. The predicted octanol–water partition coefficient (Wildman–Crippen LogP) is 2.06. The summed E-state index contributed by atoms with van der Waals surface area (Å²) in [6, 6.07) is 7.17. The van der Waals surface area contributed by atoms with Crippen LogP contribution in [0.25, 0.3) is 0 Å². The lowest BCUT2D eigenvalue weighted by molar-refractivity contribution is -0.152. The Balaban J connectivity index is 1.81. The number of likely N-dealkylation sites (N-methyl/N-ethyl adjacent to an activating group) is 1. The second-order valence-electron chi connectivity index (χ2n) is 7.36. The summed E-state index contributed by atoms with van der Waals surface area (Å²) in [7, 11) is 1.77. The number of nitrogens with one attached hydrogen (secondary N) is 1. The average Bonchev–Trinajstić information content (AvgIpc) is 2.68. The van der Waals surface area contributed by atoms with E-state index in [1.54, 1.807) is 30.7 Å². The van der Waals surface area contributed by atoms with Gasteiger partial charge in [0.05, 0.1) is 25.1 Å². The second kappa shape index (κ2) is 10.2. The first kappa shape index (κ1) is 21.9. The lowest BCUT2D eigenvalue weighted by Crippen LogP contribution is -2.50. The van der Waals surface area contributed by atoms with Crippen molar-refractivity contribution in [2.45, 2.75) is 39.7 Å². The number of piperidine rings is 1. The Morgan fingerprint density at radius 3 is 2.39 bits per heavy atom. The molecule has 0 radical (unpaired) electrons. The smallest absolute Gasteiger partial charge is 0.309 e. The number of hydrogen-bond donors (Lipinski definition) is 1. The van der Waals surface area contributed by atoms with Gasteiger partial charge in [-0.15, -0.1) is 0 Å². The third-order valence-corrected chi connectivity index (χ3v) is 5.17. The van der Waals surface area contributed by atoms with E-state index < -0.39 is 6.04 Å². The summed E-state index contributed by atoms with van der Waals surface area (Å²) in [4.78, 5) is 40.4. The molecule has 2 amide bonds. The van der Waals surface area contributed by atoms with E-state index in [4.69, 9.17) is 4.74 Å². The molecule has 0 bridgehead atoms. The van der Waals surface area contributed by atoms with Crippen LogP contribution in [0.15, 0.2) is 24.3 Å². The van der Waals surface area contributed by atoms with Gasteiger partial charge in [0, 0.05) is 18.8 Å². The third-order valence-electron chi connectivity index (χ3n) is 5.17. The topological polar surface area (TPSA) is 79.0 Å². The molecule has 1 aromatic rings. The summed E-state index contributed by atoms with van der Waals surface area (Å²) in [5.41, 5.74) is 1.87. The Morgan fingerprint density at radius 1 is 1.21 bits per heavy atom. The van der Waals surface area contributed by atoms with Crippen molar-refractivity contribution in [1.29, 1.82) is 0 Å². The van der Waals surface area contributed by atoms with Crippen LogP contribution in [-0.4, -0.2) is 66.9 Å². The fourth-order valence-corrected chi connectivity index (χ4v) is 3.25. The minimum Gasteiger partial charge on any atom is -0.466 e. The number of anilines is 1. The number of likely N-dealkylation sites (tertiary alicyclic amines) is 1. The lowest BCUT2D eigenvalue weighted by Gasteiger charge is -2.34. The van der Waals surface area contributed by atoms with Crippen LogP contribution in [0, 0.1) is 12.8 Å². The molecule has 0 aliphatic carbocycles. The zero-order valence-corrected chi connectivity index (χ0v) is 17.2. The van der Waals surface area contributed by atoms with Crippen LogP contribution in [0.2, 0.25) is 0 Å². The standard InChI is InChI=1S/C21H31N3O4/c1-5-28-21(27)17-10-12-24(13-11-17)20(26)16(3)23(4)14-19(25)22-18-8-6-15(2)7-9-18/h6-9,16-17H,5,10-14H2,1-4H3,(H,22,25)/t16-/m0/s1. The number of nitrogens with zero attached hydrogens (tertiary/aromatic N) is 2. The molecule has 0 aromatic heterocycles. The van der Waals surface area contributed by atoms with Crippen LogP contribution < -0.4 is 5.32 Å². The van der Waals surface area contributed by atoms with Crippen molar-refractivity contribution in [3.8, 4) is 0 Å². The zero-order chi connectivity index (χ0) is 20.7. The predicted molar refractivity (Wildman–Crippen MR) is 108 cm³/mol. The quantitative estimate of drug-likeness (QED) is 0.722. The Morgan fingerprint density at radius 2 is 1.82 bits per heavy atom. The third kappa shape index (κ3) is 6.05. The van der Waals surface area contributed by atoms with Gasteiger partial charge in [-0.05, 0) is 52.8 Å². The number of carbonyl (C=O) groups excluding carboxylic acids is 3. The SMILES string of the molecule is CCOC(=O)C1CCN(C(=O)[C@H](C)N(C)CC(=O)Nc2ccc(C)cc2)CC1. The van der Waals surface area contributed by atoms with Crippen molar-refractivity contribution in [2.24, 2.45) is 5.92 Å². The molecule has 1 aliphatic heterocycles. The zero-order valence-electron chi connectivity index (χ0n) is 17.2. The minimum absolute atomic E-state index is 0.0204. The highest BCUT2D eigenvalue weighted by molar-refractivity contribution is 5.92. The number of ether oxygens (including phenoxy) is 1. The van der Waals surface area contributed by atoms with Crippen molar-refractivity contribution in [1.82, 2.24) is 9.80 Å². The number of amides is 2. The summed E-state index contributed by atoms with van der Waals surface area (Å²) in [6.45, 7) is 7.17. The van der Waals surface area contributed by atoms with Gasteiger partial charge in [-0.2, -0.15) is 0 Å². The van der Waals surface area contributed by atoms with Crippen LogP contribution in [0.3, 0.4) is 0 Å². The van der Waals surface area contributed by atoms with Crippen LogP contribution in [0.1, 0.15) is 32.3 Å². The second-order valence-corrected chi connectivity index (χ2v) is 7.36. The molecule has 2 rings (SSSR count). The van der Waals surface area contributed by atoms with E-state index in [0.717, 1.165) is 11.3 Å². The Bertz CT molecular complexity index is 681. The van der Waals surface area contributed by atoms with E-state index in [2.05, 4.69) is 5.32 Å². The average molecular weight is 389 g/mol. The van der Waals surface area contributed by atoms with Crippen LogP contribution in [-0.2, 0) is 19.1 Å². The van der Waals surface area contributed by atoms with Crippen molar-refractivity contribution in [3.05, 3.63) is 29.8 Å². The van der Waals surface area contributed by atoms with E-state index in [1.165, 1.54) is 0 Å². The Kier molecular flexibility index (Phi) is 7.99. The van der Waals surface area contributed by atoms with Gasteiger partial charge in [0.25, 0.3) is 0 Å². The lowest BCUT2D eigenvalue weighted by atomic mass is 9.96. The molecule has 1 N–H and O–H groups in total. The molecule has 1 atom stereocenters. The number of benzene rings is 1. The molecular formula is C21H31N3O4. The van der Waals surface area contributed by atoms with Gasteiger partial charge in [0.2, 0.25) is 11.8 Å². The highest BCUT2D eigenvalue weighted by Crippen LogP contribution is 2.20. The van der Waals surface area contributed by atoms with Gasteiger partial charge in [-0.3, -0.25) is 19.3 Å². The molecule has 7 heteroatoms. The number of rotatable bonds is 7. The highest BCUT2D eigenvalue weighted by atomic mass is 16.5. The first-order valence-electron chi connectivity index (χ1n) is 9.84. The molecule has 1 heterocycles. The number of carbonyl (C=O) groups is 3. The maximum absolute atomic E-state index is 12.8. The Labute approximate surface area is 167 Å². The molecule has 1 fully saturated rings. The number of aryl methyl sites for hydroxylation is 1. The number of esters is 1. The van der Waals surface area contributed by atoms with E-state index >= 15 is 0 Å². The van der Waals surface area contributed by atoms with Crippen LogP contribution in [0.5, 0.6) is 0 Å². The first-order chi connectivity index (χ1) is 13.3. The fourth-order valence-electron chi connectivity index (χ4n) is 3.25. The maximum Gasteiger partial charge on any atom is 0.309 e. The van der Waals surface area contributed by atoms with E-state index in [1.807, 2.05) is 31.2 Å². The number of hydrogen-bond acceptors (Lipinski definition) is 5. The largest absolute Gasteiger partial charge is 0.466 e. The first-order valence-corrected chi connectivity index (χ1v) is 9.84. The van der Waals surface area contributed by atoms with Crippen LogP contribution >= 0.6 is 0 Å². The van der Waals surface area contributed by atoms with Crippen molar-refractivity contribution in [2.75, 3.05) is 38.6 Å². The normalized spacial score (nSPS) is 16.0. The molecule has 28 heavy (non-hydrogen) atoms.